The second-order valence-electron chi connectivity index (χ2n) is 4.28. The zero-order chi connectivity index (χ0) is 13.0. The Balaban J connectivity index is 1.74. The van der Waals surface area contributed by atoms with Gasteiger partial charge in [0.05, 0.1) is 12.0 Å². The van der Waals surface area contributed by atoms with E-state index >= 15 is 0 Å². The summed E-state index contributed by atoms with van der Waals surface area (Å²) in [4.78, 5) is 10.8. The minimum atomic E-state index is -0.773. The van der Waals surface area contributed by atoms with Crippen molar-refractivity contribution in [2.24, 2.45) is 0 Å². The lowest BCUT2D eigenvalue weighted by atomic mass is 10.2. The summed E-state index contributed by atoms with van der Waals surface area (Å²) in [6, 6.07) is 7.47. The van der Waals surface area contributed by atoms with Gasteiger partial charge in [-0.15, -0.1) is 11.8 Å². The van der Waals surface area contributed by atoms with Gasteiger partial charge in [-0.25, -0.2) is 0 Å². The first-order chi connectivity index (χ1) is 8.66. The summed E-state index contributed by atoms with van der Waals surface area (Å²) in [5.41, 5.74) is 1.12. The lowest BCUT2D eigenvalue weighted by Gasteiger charge is -2.13. The Hall–Kier alpha value is -1.20. The van der Waals surface area contributed by atoms with Crippen molar-refractivity contribution in [3.63, 3.8) is 0 Å². The van der Waals surface area contributed by atoms with E-state index in [1.54, 1.807) is 11.8 Å². The number of aryl methyl sites for hydroxylation is 1. The van der Waals surface area contributed by atoms with Crippen LogP contribution in [0.4, 0.5) is 0 Å². The molecule has 0 spiro atoms. The van der Waals surface area contributed by atoms with Gasteiger partial charge in [-0.1, -0.05) is 18.2 Å². The monoisotopic (exact) mass is 267 g/mol. The number of hydrogen-bond acceptors (Lipinski definition) is 4. The van der Waals surface area contributed by atoms with E-state index in [-0.39, 0.29) is 5.37 Å². The maximum atomic E-state index is 10.8. The van der Waals surface area contributed by atoms with Gasteiger partial charge in [-0.3, -0.25) is 10.1 Å². The van der Waals surface area contributed by atoms with Gasteiger partial charge in [0.15, 0.2) is 0 Å². The summed E-state index contributed by atoms with van der Waals surface area (Å²) >= 11 is 1.65. The lowest BCUT2D eigenvalue weighted by molar-refractivity contribution is -0.138. The Bertz CT molecular complexity index is 424. The molecule has 0 saturated carbocycles. The zero-order valence-electron chi connectivity index (χ0n) is 10.3. The zero-order valence-corrected chi connectivity index (χ0v) is 11.1. The van der Waals surface area contributed by atoms with Gasteiger partial charge < -0.3 is 9.84 Å². The Labute approximate surface area is 111 Å². The molecule has 1 aromatic rings. The van der Waals surface area contributed by atoms with Crippen LogP contribution in [-0.4, -0.2) is 34.9 Å². The lowest BCUT2D eigenvalue weighted by Crippen LogP contribution is -2.37. The van der Waals surface area contributed by atoms with Crippen LogP contribution in [0.2, 0.25) is 0 Å². The van der Waals surface area contributed by atoms with Crippen LogP contribution in [0.5, 0.6) is 5.75 Å². The molecule has 4 nitrogen and oxygen atoms in total. The molecule has 2 atom stereocenters. The average molecular weight is 267 g/mol. The van der Waals surface area contributed by atoms with Crippen molar-refractivity contribution in [3.8, 4) is 5.75 Å². The topological polar surface area (TPSA) is 58.6 Å². The van der Waals surface area contributed by atoms with Gasteiger partial charge in [0, 0.05) is 12.2 Å². The molecule has 1 aromatic carbocycles. The van der Waals surface area contributed by atoms with Crippen molar-refractivity contribution in [2.45, 2.75) is 24.8 Å². The molecule has 1 saturated heterocycles. The van der Waals surface area contributed by atoms with Crippen LogP contribution in [0.3, 0.4) is 0 Å². The molecule has 1 heterocycles. The predicted molar refractivity (Wildman–Crippen MR) is 72.1 cm³/mol. The first-order valence-corrected chi connectivity index (χ1v) is 7.00. The number of carbonyl (C=O) groups is 1. The fraction of sp³-hybridized carbons (Fsp3) is 0.462. The molecule has 2 unspecified atom stereocenters. The number of para-hydroxylation sites is 1. The number of ether oxygens (including phenoxy) is 1. The summed E-state index contributed by atoms with van der Waals surface area (Å²) in [6.45, 7) is 2.61. The summed E-state index contributed by atoms with van der Waals surface area (Å²) < 4.78 is 5.69. The molecular weight excluding hydrogens is 250 g/mol. The van der Waals surface area contributed by atoms with Crippen LogP contribution < -0.4 is 10.1 Å². The summed E-state index contributed by atoms with van der Waals surface area (Å²) in [5, 5.41) is 12.1. The second-order valence-corrected chi connectivity index (χ2v) is 5.52. The molecule has 1 aliphatic rings. The van der Waals surface area contributed by atoms with Crippen molar-refractivity contribution in [1.82, 2.24) is 5.32 Å². The molecule has 1 fully saturated rings. The Morgan fingerprint density at radius 1 is 1.56 bits per heavy atom. The van der Waals surface area contributed by atoms with E-state index < -0.39 is 12.0 Å². The van der Waals surface area contributed by atoms with Gasteiger partial charge in [-0.2, -0.15) is 0 Å². The van der Waals surface area contributed by atoms with Gasteiger partial charge in [-0.05, 0) is 18.6 Å². The van der Waals surface area contributed by atoms with Crippen LogP contribution in [-0.2, 0) is 4.79 Å². The Morgan fingerprint density at radius 3 is 3.00 bits per heavy atom. The van der Waals surface area contributed by atoms with E-state index in [1.165, 1.54) is 0 Å². The van der Waals surface area contributed by atoms with Crippen LogP contribution in [0.25, 0.3) is 0 Å². The van der Waals surface area contributed by atoms with Crippen molar-refractivity contribution >= 4 is 17.7 Å². The largest absolute Gasteiger partial charge is 0.493 e. The fourth-order valence-electron chi connectivity index (χ4n) is 1.84. The number of benzene rings is 1. The molecule has 2 N–H and O–H groups in total. The van der Waals surface area contributed by atoms with Crippen molar-refractivity contribution in [2.75, 3.05) is 12.4 Å². The normalized spacial score (nSPS) is 22.9. The van der Waals surface area contributed by atoms with E-state index in [0.717, 1.165) is 17.7 Å². The molecule has 5 heteroatoms. The van der Waals surface area contributed by atoms with Crippen LogP contribution in [0.15, 0.2) is 24.3 Å². The maximum absolute atomic E-state index is 10.8. The number of thioether (sulfide) groups is 1. The maximum Gasteiger partial charge on any atom is 0.321 e. The highest BCUT2D eigenvalue weighted by atomic mass is 32.2. The van der Waals surface area contributed by atoms with Gasteiger partial charge in [0.2, 0.25) is 0 Å². The molecular formula is C13H17NO3S. The summed E-state index contributed by atoms with van der Waals surface area (Å²) in [5.74, 6) is 0.754. The smallest absolute Gasteiger partial charge is 0.321 e. The van der Waals surface area contributed by atoms with Crippen LogP contribution in [0, 0.1) is 6.92 Å². The highest BCUT2D eigenvalue weighted by molar-refractivity contribution is 8.00. The van der Waals surface area contributed by atoms with E-state index in [1.807, 2.05) is 31.2 Å². The highest BCUT2D eigenvalue weighted by Gasteiger charge is 2.28. The molecule has 0 aliphatic carbocycles. The Morgan fingerprint density at radius 2 is 2.33 bits per heavy atom. The average Bonchev–Trinajstić information content (AvgIpc) is 2.80. The number of carboxylic acid groups (broad SMARTS) is 1. The van der Waals surface area contributed by atoms with E-state index in [9.17, 15) is 4.79 Å². The minimum Gasteiger partial charge on any atom is -0.493 e. The molecule has 1 aliphatic heterocycles. The first kappa shape index (κ1) is 13.2. The third-order valence-electron chi connectivity index (χ3n) is 2.88. The van der Waals surface area contributed by atoms with Crippen LogP contribution in [0.1, 0.15) is 12.0 Å². The number of carboxylic acids is 1. The highest BCUT2D eigenvalue weighted by Crippen LogP contribution is 2.22. The number of nitrogens with one attached hydrogen (secondary N) is 1. The van der Waals surface area contributed by atoms with Gasteiger partial charge in [0.1, 0.15) is 11.8 Å². The van der Waals surface area contributed by atoms with E-state index in [2.05, 4.69) is 5.32 Å². The molecule has 0 radical (unpaired) electrons. The third-order valence-corrected chi connectivity index (χ3v) is 4.18. The molecule has 18 heavy (non-hydrogen) atoms. The van der Waals surface area contributed by atoms with Crippen LogP contribution >= 0.6 is 11.8 Å². The fourth-order valence-corrected chi connectivity index (χ4v) is 3.02. The third kappa shape index (κ3) is 3.40. The summed E-state index contributed by atoms with van der Waals surface area (Å²) in [7, 11) is 0. The van der Waals surface area contributed by atoms with Crippen molar-refractivity contribution < 1.29 is 14.6 Å². The number of hydrogen-bond donors (Lipinski definition) is 2. The summed E-state index contributed by atoms with van der Waals surface area (Å²) in [6.07, 6.45) is 0.808. The predicted octanol–water partition coefficient (Wildman–Crippen LogP) is 1.88. The first-order valence-electron chi connectivity index (χ1n) is 5.95. The van der Waals surface area contributed by atoms with E-state index in [4.69, 9.17) is 9.84 Å². The van der Waals surface area contributed by atoms with Gasteiger partial charge in [0.25, 0.3) is 0 Å². The molecule has 0 aromatic heterocycles. The second kappa shape index (κ2) is 6.11. The SMILES string of the molecule is Cc1ccccc1OCCC1NC(C(=O)O)CS1. The quantitative estimate of drug-likeness (QED) is 0.853. The van der Waals surface area contributed by atoms with E-state index in [0.29, 0.717) is 12.4 Å². The molecule has 98 valence electrons. The number of rotatable bonds is 5. The standard InChI is InChI=1S/C13H17NO3S/c1-9-4-2-3-5-11(9)17-7-6-12-14-10(8-18-12)13(15)16/h2-5,10,12,14H,6-8H2,1H3,(H,15,16). The minimum absolute atomic E-state index is 0.176. The van der Waals surface area contributed by atoms with Crippen molar-refractivity contribution in [3.05, 3.63) is 29.8 Å². The molecule has 0 bridgehead atoms. The number of aliphatic carboxylic acids is 1. The molecule has 2 rings (SSSR count). The Kier molecular flexibility index (Phi) is 4.49. The molecule has 0 amide bonds. The van der Waals surface area contributed by atoms with Crippen molar-refractivity contribution in [1.29, 1.82) is 0 Å². The van der Waals surface area contributed by atoms with Gasteiger partial charge >= 0.3 is 5.97 Å².